The third-order valence-corrected chi connectivity index (χ3v) is 1.52. The van der Waals surface area contributed by atoms with Crippen LogP contribution in [-0.2, 0) is 0 Å². The van der Waals surface area contributed by atoms with E-state index >= 15 is 0 Å². The van der Waals surface area contributed by atoms with Crippen LogP contribution < -0.4 is 5.73 Å². The number of hydrogen-bond acceptors (Lipinski definition) is 5. The molecule has 0 saturated carbocycles. The van der Waals surface area contributed by atoms with E-state index in [9.17, 15) is 0 Å². The predicted molar refractivity (Wildman–Crippen MR) is 45.4 cm³/mol. The Morgan fingerprint density at radius 2 is 1.92 bits per heavy atom. The van der Waals surface area contributed by atoms with Gasteiger partial charge in [0.2, 0.25) is 0 Å². The van der Waals surface area contributed by atoms with Gasteiger partial charge in [-0.25, -0.2) is 0 Å². The van der Waals surface area contributed by atoms with Crippen LogP contribution in [0, 0.1) is 0 Å². The second kappa shape index (κ2) is 7.45. The maximum atomic E-state index is 8.65. The molecular weight excluding hydrogens is 160 g/mol. The zero-order chi connectivity index (χ0) is 9.40. The highest BCUT2D eigenvalue weighted by Gasteiger charge is 2.07. The summed E-state index contributed by atoms with van der Waals surface area (Å²) in [5, 5.41) is 25.9. The standard InChI is InChI=1S/C7H18N2O3/c8-2-1-3-9(4-5-10)6-7(11)12/h7,10-12H,1-6,8H2. The van der Waals surface area contributed by atoms with Gasteiger partial charge in [0.05, 0.1) is 6.61 Å². The molecule has 74 valence electrons. The lowest BCUT2D eigenvalue weighted by molar-refractivity contribution is -0.0627. The first kappa shape index (κ1) is 11.8. The quantitative estimate of drug-likeness (QED) is 0.337. The number of aliphatic hydroxyl groups is 3. The molecule has 0 aromatic rings. The van der Waals surface area contributed by atoms with E-state index in [-0.39, 0.29) is 13.2 Å². The molecule has 0 saturated heterocycles. The summed E-state index contributed by atoms with van der Waals surface area (Å²) in [6.45, 7) is 1.91. The lowest BCUT2D eigenvalue weighted by atomic mass is 10.3. The first-order valence-electron chi connectivity index (χ1n) is 4.10. The summed E-state index contributed by atoms with van der Waals surface area (Å²) >= 11 is 0. The first-order chi connectivity index (χ1) is 5.70. The Kier molecular flexibility index (Phi) is 7.33. The van der Waals surface area contributed by atoms with Crippen LogP contribution in [0.4, 0.5) is 0 Å². The number of nitrogens with two attached hydrogens (primary N) is 1. The molecule has 0 aliphatic rings. The first-order valence-corrected chi connectivity index (χ1v) is 4.10. The van der Waals surface area contributed by atoms with Gasteiger partial charge in [0.1, 0.15) is 0 Å². The lowest BCUT2D eigenvalue weighted by Gasteiger charge is -2.21. The van der Waals surface area contributed by atoms with Crippen molar-refractivity contribution >= 4 is 0 Å². The Balaban J connectivity index is 3.54. The fourth-order valence-corrected chi connectivity index (χ4v) is 0.982. The fraction of sp³-hybridized carbons (Fsp3) is 1.00. The summed E-state index contributed by atoms with van der Waals surface area (Å²) < 4.78 is 0. The van der Waals surface area contributed by atoms with Crippen LogP contribution in [0.15, 0.2) is 0 Å². The second-order valence-electron chi connectivity index (χ2n) is 2.65. The van der Waals surface area contributed by atoms with E-state index in [1.807, 2.05) is 0 Å². The number of nitrogens with zero attached hydrogens (tertiary/aromatic N) is 1. The summed E-state index contributed by atoms with van der Waals surface area (Å²) in [7, 11) is 0. The van der Waals surface area contributed by atoms with Crippen molar-refractivity contribution < 1.29 is 15.3 Å². The maximum absolute atomic E-state index is 8.65. The van der Waals surface area contributed by atoms with Gasteiger partial charge in [-0.05, 0) is 19.5 Å². The van der Waals surface area contributed by atoms with Gasteiger partial charge in [-0.15, -0.1) is 0 Å². The van der Waals surface area contributed by atoms with E-state index in [2.05, 4.69) is 0 Å². The minimum atomic E-state index is -1.34. The molecule has 0 aromatic heterocycles. The van der Waals surface area contributed by atoms with Crippen molar-refractivity contribution in [3.63, 3.8) is 0 Å². The van der Waals surface area contributed by atoms with Crippen molar-refractivity contribution in [1.82, 2.24) is 4.90 Å². The highest BCUT2D eigenvalue weighted by atomic mass is 16.5. The highest BCUT2D eigenvalue weighted by molar-refractivity contribution is 4.58. The molecule has 5 N–H and O–H groups in total. The smallest absolute Gasteiger partial charge is 0.164 e. The van der Waals surface area contributed by atoms with Gasteiger partial charge in [-0.2, -0.15) is 0 Å². The average molecular weight is 178 g/mol. The van der Waals surface area contributed by atoms with Crippen molar-refractivity contribution in [2.45, 2.75) is 12.7 Å². The van der Waals surface area contributed by atoms with Crippen molar-refractivity contribution in [1.29, 1.82) is 0 Å². The van der Waals surface area contributed by atoms with E-state index in [1.54, 1.807) is 4.90 Å². The van der Waals surface area contributed by atoms with Crippen LogP contribution in [0.25, 0.3) is 0 Å². The Labute approximate surface area is 72.4 Å². The van der Waals surface area contributed by atoms with Gasteiger partial charge in [-0.1, -0.05) is 0 Å². The van der Waals surface area contributed by atoms with Crippen LogP contribution in [-0.4, -0.2) is 59.3 Å². The highest BCUT2D eigenvalue weighted by Crippen LogP contribution is 1.91. The van der Waals surface area contributed by atoms with E-state index in [0.29, 0.717) is 19.6 Å². The molecule has 0 aliphatic heterocycles. The molecule has 0 unspecified atom stereocenters. The summed E-state index contributed by atoms with van der Waals surface area (Å²) in [6, 6.07) is 0. The topological polar surface area (TPSA) is 90.0 Å². The minimum absolute atomic E-state index is 0.0251. The molecule has 0 amide bonds. The van der Waals surface area contributed by atoms with Crippen LogP contribution >= 0.6 is 0 Å². The zero-order valence-corrected chi connectivity index (χ0v) is 7.19. The molecule has 0 rings (SSSR count). The molecule has 0 bridgehead atoms. The summed E-state index contributed by atoms with van der Waals surface area (Å²) in [5.41, 5.74) is 5.29. The zero-order valence-electron chi connectivity index (χ0n) is 7.19. The second-order valence-corrected chi connectivity index (χ2v) is 2.65. The monoisotopic (exact) mass is 178 g/mol. The molecule has 12 heavy (non-hydrogen) atoms. The third-order valence-electron chi connectivity index (χ3n) is 1.52. The molecule has 0 fully saturated rings. The number of aliphatic hydroxyl groups excluding tert-OH is 2. The molecular formula is C7H18N2O3. The SMILES string of the molecule is NCCCN(CCO)CC(O)O. The average Bonchev–Trinajstić information content (AvgIpc) is 2.00. The normalized spacial score (nSPS) is 11.5. The predicted octanol–water partition coefficient (Wildman–Crippen LogP) is -2.06. The molecule has 0 radical (unpaired) electrons. The lowest BCUT2D eigenvalue weighted by Crippen LogP contribution is -2.35. The van der Waals surface area contributed by atoms with Crippen LogP contribution in [0.5, 0.6) is 0 Å². The summed E-state index contributed by atoms with van der Waals surface area (Å²) in [6.07, 6.45) is -0.540. The molecule has 0 aliphatic carbocycles. The van der Waals surface area contributed by atoms with Crippen molar-refractivity contribution in [3.8, 4) is 0 Å². The van der Waals surface area contributed by atoms with Gasteiger partial charge >= 0.3 is 0 Å². The largest absolute Gasteiger partial charge is 0.395 e. The molecule has 0 aromatic carbocycles. The van der Waals surface area contributed by atoms with Gasteiger partial charge < -0.3 is 21.1 Å². The van der Waals surface area contributed by atoms with Crippen LogP contribution in [0.1, 0.15) is 6.42 Å². The van der Waals surface area contributed by atoms with Gasteiger partial charge in [0, 0.05) is 13.1 Å². The third kappa shape index (κ3) is 6.51. The summed E-state index contributed by atoms with van der Waals surface area (Å²) in [4.78, 5) is 1.76. The van der Waals surface area contributed by atoms with E-state index < -0.39 is 6.29 Å². The van der Waals surface area contributed by atoms with E-state index in [1.165, 1.54) is 0 Å². The minimum Gasteiger partial charge on any atom is -0.395 e. The van der Waals surface area contributed by atoms with Crippen molar-refractivity contribution in [3.05, 3.63) is 0 Å². The summed E-state index contributed by atoms with van der Waals surface area (Å²) in [5.74, 6) is 0. The van der Waals surface area contributed by atoms with Gasteiger partial charge in [-0.3, -0.25) is 4.90 Å². The molecule has 0 atom stereocenters. The molecule has 5 heteroatoms. The molecule has 0 heterocycles. The van der Waals surface area contributed by atoms with E-state index in [0.717, 1.165) is 6.42 Å². The van der Waals surface area contributed by atoms with E-state index in [4.69, 9.17) is 21.1 Å². The molecule has 0 spiro atoms. The maximum Gasteiger partial charge on any atom is 0.164 e. The van der Waals surface area contributed by atoms with Crippen molar-refractivity contribution in [2.75, 3.05) is 32.8 Å². The van der Waals surface area contributed by atoms with Crippen molar-refractivity contribution in [2.24, 2.45) is 5.73 Å². The van der Waals surface area contributed by atoms with Crippen LogP contribution in [0.2, 0.25) is 0 Å². The number of hydrogen-bond donors (Lipinski definition) is 4. The Hall–Kier alpha value is -0.200. The molecule has 5 nitrogen and oxygen atoms in total. The number of rotatable bonds is 7. The van der Waals surface area contributed by atoms with Crippen LogP contribution in [0.3, 0.4) is 0 Å². The van der Waals surface area contributed by atoms with Gasteiger partial charge in [0.25, 0.3) is 0 Å². The Morgan fingerprint density at radius 1 is 1.25 bits per heavy atom. The Bertz CT molecular complexity index is 101. The fourth-order valence-electron chi connectivity index (χ4n) is 0.982. The van der Waals surface area contributed by atoms with Gasteiger partial charge in [0.15, 0.2) is 6.29 Å². The Morgan fingerprint density at radius 3 is 2.33 bits per heavy atom.